The van der Waals surface area contributed by atoms with Gasteiger partial charge in [-0.1, -0.05) is 0 Å². The molecule has 0 radical (unpaired) electrons. The average molecular weight is 799 g/mol. The number of hydrogen-bond donors (Lipinski definition) is 2. The van der Waals surface area contributed by atoms with Crippen LogP contribution in [-0.2, 0) is 34.3 Å². The Morgan fingerprint density at radius 1 is 0.593 bits per heavy atom. The van der Waals surface area contributed by atoms with Crippen LogP contribution in [0.1, 0.15) is 21.0 Å². The summed E-state index contributed by atoms with van der Waals surface area (Å²) in [5, 5.41) is 8.56. The second-order valence-corrected chi connectivity index (χ2v) is 13.7. The molecule has 6 aromatic rings. The van der Waals surface area contributed by atoms with Crippen molar-refractivity contribution in [2.45, 2.75) is 11.0 Å². The third kappa shape index (κ3) is 10.2. The summed E-state index contributed by atoms with van der Waals surface area (Å²) in [5.41, 5.74) is -7.10. The van der Waals surface area contributed by atoms with E-state index in [2.05, 4.69) is 20.6 Å². The van der Waals surface area contributed by atoms with Gasteiger partial charge in [-0.15, -0.1) is 0 Å². The third-order valence-electron chi connectivity index (χ3n) is 7.09. The number of halogens is 6. The summed E-state index contributed by atoms with van der Waals surface area (Å²) in [6.07, 6.45) is 3.95. The Kier molecular flexibility index (Phi) is 11.9. The molecular formula is C32H24F6N6O8S2. The number of fused-ring (bicyclic) bond motifs is 3. The van der Waals surface area contributed by atoms with Crippen LogP contribution in [0.2, 0.25) is 0 Å². The van der Waals surface area contributed by atoms with E-state index < -0.39 is 31.3 Å². The number of carbonyl (C=O) groups excluding carboxylic acids is 2. The van der Waals surface area contributed by atoms with E-state index in [1.807, 2.05) is 96.3 Å². The highest BCUT2D eigenvalue weighted by molar-refractivity contribution is 7.86. The maximum atomic E-state index is 13.0. The zero-order chi connectivity index (χ0) is 40.2. The van der Waals surface area contributed by atoms with Gasteiger partial charge in [0, 0.05) is 51.8 Å². The molecule has 22 heteroatoms. The number of nitrogens with zero attached hydrogens (tertiary/aromatic N) is 4. The molecule has 54 heavy (non-hydrogen) atoms. The lowest BCUT2D eigenvalue weighted by Gasteiger charge is -2.08. The Hall–Kier alpha value is -5.84. The molecule has 2 aromatic carbocycles. The number of hydrogen-bond acceptors (Lipinski definition) is 10. The minimum Gasteiger partial charge on any atom is -0.741 e. The van der Waals surface area contributed by atoms with Gasteiger partial charge in [-0.3, -0.25) is 9.59 Å². The van der Waals surface area contributed by atoms with Crippen LogP contribution in [0.3, 0.4) is 0 Å². The molecule has 0 unspecified atom stereocenters. The van der Waals surface area contributed by atoms with Crippen LogP contribution in [0.25, 0.3) is 32.8 Å². The van der Waals surface area contributed by atoms with Gasteiger partial charge < -0.3 is 19.7 Å². The predicted molar refractivity (Wildman–Crippen MR) is 177 cm³/mol. The molecule has 2 amide bonds. The highest BCUT2D eigenvalue weighted by Gasteiger charge is 2.37. The number of pyridine rings is 4. The third-order valence-corrected chi connectivity index (χ3v) is 8.22. The molecule has 4 heterocycles. The molecule has 0 atom stereocenters. The van der Waals surface area contributed by atoms with Crippen LogP contribution in [0, 0.1) is 0 Å². The van der Waals surface area contributed by atoms with E-state index in [4.69, 9.17) is 25.9 Å². The molecule has 14 nitrogen and oxygen atoms in total. The highest BCUT2D eigenvalue weighted by Crippen LogP contribution is 2.22. The minimum absolute atomic E-state index is 0.212. The fourth-order valence-electron chi connectivity index (χ4n) is 4.53. The van der Waals surface area contributed by atoms with Gasteiger partial charge in [-0.05, 0) is 60.7 Å². The predicted octanol–water partition coefficient (Wildman–Crippen LogP) is 4.19. The van der Waals surface area contributed by atoms with E-state index in [0.717, 1.165) is 27.2 Å². The lowest BCUT2D eigenvalue weighted by atomic mass is 10.2. The Bertz CT molecular complexity index is 2450. The quantitative estimate of drug-likeness (QED) is 0.113. The normalized spacial score (nSPS) is 12.0. The summed E-state index contributed by atoms with van der Waals surface area (Å²) < 4.78 is 122. The van der Waals surface area contributed by atoms with Crippen LogP contribution in [0.5, 0.6) is 0 Å². The van der Waals surface area contributed by atoms with E-state index in [1.54, 1.807) is 24.3 Å². The maximum absolute atomic E-state index is 13.0. The standard InChI is InChI=1S/C30H22N6O2.2CHF3O3S/c1-35-15-3-5-20-17-22(9-13-26(20)35)31-29(37)24-11-7-19-8-12-25(34-28(19)33-24)30(38)32-23-10-14-27-21(18-23)6-4-16-36(27)2;2*2-1(3,4)8(5,6)7/h3-18H,1-2H3;2*(H,5,6,7). The van der Waals surface area contributed by atoms with Gasteiger partial charge in [-0.2, -0.15) is 26.3 Å². The molecule has 0 aliphatic carbocycles. The van der Waals surface area contributed by atoms with Gasteiger partial charge in [0.25, 0.3) is 11.8 Å². The average Bonchev–Trinajstić information content (AvgIpc) is 3.06. The Morgan fingerprint density at radius 2 is 0.944 bits per heavy atom. The van der Waals surface area contributed by atoms with E-state index in [0.29, 0.717) is 17.0 Å². The van der Waals surface area contributed by atoms with Gasteiger partial charge in [0.05, 0.1) is 0 Å². The number of nitrogens with one attached hydrogen (secondary N) is 2. The summed E-state index contributed by atoms with van der Waals surface area (Å²) in [5.74, 6) is -0.708. The van der Waals surface area contributed by atoms with Crippen LogP contribution in [-0.4, -0.2) is 58.7 Å². The molecule has 0 saturated carbocycles. The number of aromatic nitrogens is 4. The molecule has 0 aliphatic heterocycles. The smallest absolute Gasteiger partial charge is 0.485 e. The molecule has 6 rings (SSSR count). The zero-order valence-corrected chi connectivity index (χ0v) is 29.0. The number of anilines is 2. The van der Waals surface area contributed by atoms with Crippen LogP contribution in [0.4, 0.5) is 37.7 Å². The van der Waals surface area contributed by atoms with Crippen molar-refractivity contribution < 1.29 is 71.0 Å². The molecule has 0 bridgehead atoms. The highest BCUT2D eigenvalue weighted by atomic mass is 32.2. The van der Waals surface area contributed by atoms with Crippen LogP contribution < -0.4 is 19.8 Å². The van der Waals surface area contributed by atoms with E-state index in [9.17, 15) is 35.9 Å². The summed E-state index contributed by atoms with van der Waals surface area (Å²) in [7, 11) is -8.23. The van der Waals surface area contributed by atoms with Crippen molar-refractivity contribution in [2.75, 3.05) is 10.6 Å². The topological polar surface area (TPSA) is 206 Å². The van der Waals surface area contributed by atoms with Crippen molar-refractivity contribution in [3.8, 4) is 0 Å². The van der Waals surface area contributed by atoms with Gasteiger partial charge in [0.15, 0.2) is 38.3 Å². The number of benzene rings is 2. The van der Waals surface area contributed by atoms with Crippen LogP contribution in [0.15, 0.2) is 97.3 Å². The maximum Gasteiger partial charge on any atom is 0.485 e. The second kappa shape index (κ2) is 15.6. The van der Waals surface area contributed by atoms with E-state index in [-0.39, 0.29) is 23.2 Å². The zero-order valence-electron chi connectivity index (χ0n) is 27.4. The molecular weight excluding hydrogens is 775 g/mol. The van der Waals surface area contributed by atoms with Crippen molar-refractivity contribution >= 4 is 76.3 Å². The minimum atomic E-state index is -6.09. The number of carbonyl (C=O) groups is 2. The lowest BCUT2D eigenvalue weighted by Crippen LogP contribution is -2.27. The molecule has 284 valence electrons. The first-order valence-electron chi connectivity index (χ1n) is 14.7. The number of aryl methyl sites for hydroxylation is 2. The molecule has 0 fully saturated rings. The summed E-state index contributed by atoms with van der Waals surface area (Å²) in [6, 6.07) is 26.2. The fraction of sp³-hybridized carbons (Fsp3) is 0.125. The number of alkyl halides is 6. The van der Waals surface area contributed by atoms with Crippen molar-refractivity contribution in [2.24, 2.45) is 14.1 Å². The first-order valence-corrected chi connectivity index (χ1v) is 17.5. The molecule has 0 saturated heterocycles. The van der Waals surface area contributed by atoms with E-state index in [1.165, 1.54) is 0 Å². The summed E-state index contributed by atoms with van der Waals surface area (Å²) >= 11 is 0. The van der Waals surface area contributed by atoms with Gasteiger partial charge >= 0.3 is 11.0 Å². The molecule has 4 aromatic heterocycles. The van der Waals surface area contributed by atoms with Crippen molar-refractivity contribution in [1.29, 1.82) is 0 Å². The lowest BCUT2D eigenvalue weighted by molar-refractivity contribution is -0.645. The Labute approximate surface area is 301 Å². The monoisotopic (exact) mass is 798 g/mol. The SMILES string of the molecule is C[n+]1cccc2cc(NC(=O)c3ccc4ccc(C(=O)Nc5ccc6c(ccc[n+]6C)c5)nc4n3)ccc21.O=S(=O)([O-])C(F)(F)F.O=S(=O)([O-])C(F)(F)F. The molecule has 2 N–H and O–H groups in total. The number of amides is 2. The first-order chi connectivity index (χ1) is 24.9. The molecule has 0 spiro atoms. The van der Waals surface area contributed by atoms with Gasteiger partial charge in [0.1, 0.15) is 25.5 Å². The van der Waals surface area contributed by atoms with Gasteiger partial charge in [0.2, 0.25) is 11.0 Å². The molecule has 0 aliphatic rings. The fourth-order valence-corrected chi connectivity index (χ4v) is 4.53. The Morgan fingerprint density at radius 3 is 1.28 bits per heavy atom. The first kappa shape index (κ1) is 40.9. The second-order valence-electron chi connectivity index (χ2n) is 10.9. The largest absolute Gasteiger partial charge is 0.741 e. The number of rotatable bonds is 4. The summed E-state index contributed by atoms with van der Waals surface area (Å²) in [6.45, 7) is 0. The van der Waals surface area contributed by atoms with Crippen LogP contribution >= 0.6 is 0 Å². The summed E-state index contributed by atoms with van der Waals surface area (Å²) in [4.78, 5) is 34.8. The van der Waals surface area contributed by atoms with Gasteiger partial charge in [-0.25, -0.2) is 35.9 Å². The van der Waals surface area contributed by atoms with E-state index >= 15 is 0 Å². The van der Waals surface area contributed by atoms with Crippen molar-refractivity contribution in [3.05, 3.63) is 109 Å². The van der Waals surface area contributed by atoms with Crippen molar-refractivity contribution in [1.82, 2.24) is 9.97 Å². The van der Waals surface area contributed by atoms with Crippen molar-refractivity contribution in [3.63, 3.8) is 0 Å². The Balaban J connectivity index is 0.000000341.